The zero-order valence-electron chi connectivity index (χ0n) is 9.36. The molecular formula is C10H23NO3. The van der Waals surface area contributed by atoms with E-state index < -0.39 is 6.10 Å². The van der Waals surface area contributed by atoms with E-state index in [1.807, 2.05) is 20.8 Å². The first kappa shape index (κ1) is 13.8. The molecular weight excluding hydrogens is 182 g/mol. The van der Waals surface area contributed by atoms with Crippen LogP contribution in [0.15, 0.2) is 0 Å². The summed E-state index contributed by atoms with van der Waals surface area (Å²) in [6.07, 6.45) is 0.385. The zero-order chi connectivity index (χ0) is 11.0. The molecule has 14 heavy (non-hydrogen) atoms. The Morgan fingerprint density at radius 1 is 1.29 bits per heavy atom. The number of rotatable bonds is 8. The normalized spacial score (nSPS) is 15.9. The van der Waals surface area contributed by atoms with Crippen LogP contribution in [0, 0.1) is 0 Å². The average Bonchev–Trinajstić information content (AvgIpc) is 2.12. The average molecular weight is 205 g/mol. The summed E-state index contributed by atoms with van der Waals surface area (Å²) in [4.78, 5) is 0. The van der Waals surface area contributed by atoms with Crippen LogP contribution in [0.3, 0.4) is 0 Å². The van der Waals surface area contributed by atoms with Gasteiger partial charge in [0.15, 0.2) is 0 Å². The molecule has 0 heterocycles. The highest BCUT2D eigenvalue weighted by Crippen LogP contribution is 1.93. The van der Waals surface area contributed by atoms with E-state index in [1.165, 1.54) is 0 Å². The molecule has 0 aromatic rings. The van der Waals surface area contributed by atoms with Crippen molar-refractivity contribution in [1.82, 2.24) is 5.32 Å². The highest BCUT2D eigenvalue weighted by molar-refractivity contribution is 4.64. The van der Waals surface area contributed by atoms with E-state index in [4.69, 9.17) is 9.84 Å². The molecule has 0 amide bonds. The second-order valence-corrected chi connectivity index (χ2v) is 3.86. The number of hydrogen-bond donors (Lipinski definition) is 3. The molecule has 2 atom stereocenters. The van der Waals surface area contributed by atoms with Gasteiger partial charge in [0.25, 0.3) is 0 Å². The minimum Gasteiger partial charge on any atom is -0.396 e. The molecule has 0 rings (SSSR count). The molecule has 0 aromatic heterocycles. The molecule has 0 spiro atoms. The summed E-state index contributed by atoms with van der Waals surface area (Å²) in [6.45, 7) is 6.90. The van der Waals surface area contributed by atoms with Crippen LogP contribution < -0.4 is 5.32 Å². The van der Waals surface area contributed by atoms with E-state index in [1.54, 1.807) is 0 Å². The molecule has 4 heteroatoms. The molecule has 0 aromatic carbocycles. The van der Waals surface area contributed by atoms with E-state index in [9.17, 15) is 5.11 Å². The lowest BCUT2D eigenvalue weighted by Gasteiger charge is -2.17. The Hall–Kier alpha value is -0.160. The van der Waals surface area contributed by atoms with Crippen LogP contribution in [0.2, 0.25) is 0 Å². The predicted octanol–water partition coefficient (Wildman–Crippen LogP) is 0.133. The fourth-order valence-electron chi connectivity index (χ4n) is 0.995. The smallest absolute Gasteiger partial charge is 0.0897 e. The second kappa shape index (κ2) is 8.17. The Balaban J connectivity index is 3.38. The summed E-state index contributed by atoms with van der Waals surface area (Å²) in [5.74, 6) is 0. The van der Waals surface area contributed by atoms with Crippen molar-refractivity contribution in [2.45, 2.75) is 45.4 Å². The van der Waals surface area contributed by atoms with Crippen molar-refractivity contribution in [2.24, 2.45) is 0 Å². The molecule has 0 bridgehead atoms. The van der Waals surface area contributed by atoms with Crippen molar-refractivity contribution in [1.29, 1.82) is 0 Å². The van der Waals surface area contributed by atoms with Gasteiger partial charge in [-0.05, 0) is 27.2 Å². The first-order chi connectivity index (χ1) is 6.56. The van der Waals surface area contributed by atoms with Crippen molar-refractivity contribution in [3.8, 4) is 0 Å². The Labute approximate surface area is 86.3 Å². The molecule has 0 saturated carbocycles. The number of aliphatic hydroxyl groups is 2. The van der Waals surface area contributed by atoms with Gasteiger partial charge in [-0.3, -0.25) is 0 Å². The number of ether oxygens (including phenoxy) is 1. The first-order valence-corrected chi connectivity index (χ1v) is 5.20. The van der Waals surface area contributed by atoms with Gasteiger partial charge in [0.1, 0.15) is 0 Å². The van der Waals surface area contributed by atoms with Crippen LogP contribution in [0.1, 0.15) is 27.2 Å². The number of aliphatic hydroxyl groups excluding tert-OH is 2. The molecule has 86 valence electrons. The third kappa shape index (κ3) is 8.44. The fourth-order valence-corrected chi connectivity index (χ4v) is 0.995. The van der Waals surface area contributed by atoms with Crippen molar-refractivity contribution in [3.63, 3.8) is 0 Å². The van der Waals surface area contributed by atoms with E-state index in [2.05, 4.69) is 5.32 Å². The van der Waals surface area contributed by atoms with Gasteiger partial charge in [-0.25, -0.2) is 0 Å². The standard InChI is InChI=1S/C10H23NO3/c1-8(2)14-7-10(13)6-11-9(3)4-5-12/h8-13H,4-7H2,1-3H3. The zero-order valence-corrected chi connectivity index (χ0v) is 9.36. The van der Waals surface area contributed by atoms with Crippen molar-refractivity contribution in [3.05, 3.63) is 0 Å². The molecule has 4 nitrogen and oxygen atoms in total. The lowest BCUT2D eigenvalue weighted by Crippen LogP contribution is -2.36. The maximum atomic E-state index is 9.47. The topological polar surface area (TPSA) is 61.7 Å². The molecule has 3 N–H and O–H groups in total. The highest BCUT2D eigenvalue weighted by Gasteiger charge is 2.07. The van der Waals surface area contributed by atoms with Crippen LogP contribution in [-0.4, -0.2) is 48.2 Å². The van der Waals surface area contributed by atoms with E-state index in [0.29, 0.717) is 19.6 Å². The van der Waals surface area contributed by atoms with Crippen LogP contribution in [0.4, 0.5) is 0 Å². The predicted molar refractivity (Wildman–Crippen MR) is 56.3 cm³/mol. The molecule has 0 aliphatic heterocycles. The molecule has 0 fully saturated rings. The SMILES string of the molecule is CC(CCO)NCC(O)COC(C)C. The van der Waals surface area contributed by atoms with E-state index in [-0.39, 0.29) is 18.8 Å². The maximum Gasteiger partial charge on any atom is 0.0897 e. The molecule has 0 saturated heterocycles. The Bertz CT molecular complexity index is 131. The van der Waals surface area contributed by atoms with Crippen molar-refractivity contribution >= 4 is 0 Å². The summed E-state index contributed by atoms with van der Waals surface area (Å²) in [6, 6.07) is 0.230. The summed E-state index contributed by atoms with van der Waals surface area (Å²) in [7, 11) is 0. The third-order valence-corrected chi connectivity index (χ3v) is 1.89. The second-order valence-electron chi connectivity index (χ2n) is 3.86. The first-order valence-electron chi connectivity index (χ1n) is 5.20. The minimum atomic E-state index is -0.474. The minimum absolute atomic E-state index is 0.152. The van der Waals surface area contributed by atoms with E-state index in [0.717, 1.165) is 0 Å². The number of nitrogens with one attached hydrogen (secondary N) is 1. The monoisotopic (exact) mass is 205 g/mol. The highest BCUT2D eigenvalue weighted by atomic mass is 16.5. The Morgan fingerprint density at radius 3 is 2.43 bits per heavy atom. The van der Waals surface area contributed by atoms with Crippen LogP contribution in [0.25, 0.3) is 0 Å². The lowest BCUT2D eigenvalue weighted by atomic mass is 10.2. The van der Waals surface area contributed by atoms with Gasteiger partial charge in [-0.1, -0.05) is 0 Å². The van der Waals surface area contributed by atoms with Gasteiger partial charge in [0, 0.05) is 19.2 Å². The Morgan fingerprint density at radius 2 is 1.93 bits per heavy atom. The fraction of sp³-hybridized carbons (Fsp3) is 1.00. The van der Waals surface area contributed by atoms with Gasteiger partial charge in [0.2, 0.25) is 0 Å². The van der Waals surface area contributed by atoms with Gasteiger partial charge in [-0.15, -0.1) is 0 Å². The third-order valence-electron chi connectivity index (χ3n) is 1.89. The molecule has 0 radical (unpaired) electrons. The number of hydrogen-bond acceptors (Lipinski definition) is 4. The van der Waals surface area contributed by atoms with Crippen LogP contribution >= 0.6 is 0 Å². The van der Waals surface area contributed by atoms with Crippen LogP contribution in [-0.2, 0) is 4.74 Å². The molecule has 2 unspecified atom stereocenters. The lowest BCUT2D eigenvalue weighted by molar-refractivity contribution is 0.00540. The van der Waals surface area contributed by atoms with E-state index >= 15 is 0 Å². The van der Waals surface area contributed by atoms with Gasteiger partial charge >= 0.3 is 0 Å². The van der Waals surface area contributed by atoms with Crippen LogP contribution in [0.5, 0.6) is 0 Å². The molecule has 0 aliphatic carbocycles. The molecule has 0 aliphatic rings. The summed E-state index contributed by atoms with van der Waals surface area (Å²) in [5, 5.41) is 21.2. The van der Waals surface area contributed by atoms with Gasteiger partial charge in [-0.2, -0.15) is 0 Å². The quantitative estimate of drug-likeness (QED) is 0.527. The van der Waals surface area contributed by atoms with Crippen molar-refractivity contribution < 1.29 is 14.9 Å². The van der Waals surface area contributed by atoms with Crippen molar-refractivity contribution in [2.75, 3.05) is 19.8 Å². The largest absolute Gasteiger partial charge is 0.396 e. The Kier molecular flexibility index (Phi) is 8.08. The van der Waals surface area contributed by atoms with Gasteiger partial charge < -0.3 is 20.3 Å². The summed E-state index contributed by atoms with van der Waals surface area (Å²) < 4.78 is 5.26. The maximum absolute atomic E-state index is 9.47. The summed E-state index contributed by atoms with van der Waals surface area (Å²) in [5.41, 5.74) is 0. The van der Waals surface area contributed by atoms with Gasteiger partial charge in [0.05, 0.1) is 18.8 Å². The summed E-state index contributed by atoms with van der Waals surface area (Å²) >= 11 is 0.